The molecule has 2 aliphatic rings. The molecule has 0 aliphatic carbocycles. The molecule has 1 saturated heterocycles. The molecule has 214 valence electrons. The van der Waals surface area contributed by atoms with E-state index in [2.05, 4.69) is 16.8 Å². The highest BCUT2D eigenvalue weighted by atomic mass is 35.5. The number of nitrogens with zero attached hydrogens (tertiary/aromatic N) is 4. The fraction of sp³-hybridized carbons (Fsp3) is 0.355. The van der Waals surface area contributed by atoms with Crippen molar-refractivity contribution in [2.24, 2.45) is 10.9 Å². The normalized spacial score (nSPS) is 16.8. The summed E-state index contributed by atoms with van der Waals surface area (Å²) in [6.45, 7) is 6.23. The van der Waals surface area contributed by atoms with E-state index in [0.717, 1.165) is 29.7 Å². The summed E-state index contributed by atoms with van der Waals surface area (Å²) in [7, 11) is 0. The zero-order chi connectivity index (χ0) is 28.8. The van der Waals surface area contributed by atoms with Crippen LogP contribution in [-0.4, -0.2) is 58.0 Å². The molecule has 1 aromatic heterocycles. The molecule has 10 heteroatoms. The van der Waals surface area contributed by atoms with Crippen molar-refractivity contribution >= 4 is 46.5 Å². The number of ether oxygens (including phenoxy) is 2. The van der Waals surface area contributed by atoms with Gasteiger partial charge in [0.05, 0.1) is 34.7 Å². The third-order valence-corrected chi connectivity index (χ3v) is 8.35. The van der Waals surface area contributed by atoms with E-state index in [0.29, 0.717) is 65.7 Å². The first-order chi connectivity index (χ1) is 20.0. The van der Waals surface area contributed by atoms with Gasteiger partial charge in [0.25, 0.3) is 5.91 Å². The Balaban J connectivity index is 1.39. The van der Waals surface area contributed by atoms with Crippen LogP contribution in [0.2, 0.25) is 5.02 Å². The van der Waals surface area contributed by atoms with E-state index < -0.39 is 0 Å². The molecule has 2 aliphatic heterocycles. The largest absolute Gasteiger partial charge is 0.492 e. The third kappa shape index (κ3) is 6.85. The molecular formula is C31H33ClN4O4S. The number of piperidine rings is 1. The summed E-state index contributed by atoms with van der Waals surface area (Å²) in [5.41, 5.74) is 3.19. The van der Waals surface area contributed by atoms with Gasteiger partial charge in [-0.1, -0.05) is 43.1 Å². The number of carbonyl (C=O) groups is 2. The number of unbranched alkanes of at least 4 members (excludes halogenated alkanes) is 1. The Kier molecular flexibility index (Phi) is 9.46. The second-order valence-electron chi connectivity index (χ2n) is 9.88. The quantitative estimate of drug-likeness (QED) is 0.157. The number of hydrogen-bond acceptors (Lipinski definition) is 7. The summed E-state index contributed by atoms with van der Waals surface area (Å²) in [6.07, 6.45) is 7.11. The standard InChI is InChI=1S/C31H33ClN4O4S/c1-3-5-17-40-26-12-11-22(18-25(26)32)28-23(20-36(34-28)24-9-7-6-8-10-24)19-27-29(37)33-31(41-27)35-15-13-21(14-16-35)30(38)39-4-2/h6-12,18-21H,3-5,13-17H2,1-2H3/b27-19-. The smallest absolute Gasteiger partial charge is 0.309 e. The molecule has 0 spiro atoms. The Morgan fingerprint density at radius 1 is 1.15 bits per heavy atom. The molecule has 0 bridgehead atoms. The van der Waals surface area contributed by atoms with Crippen LogP contribution in [0.4, 0.5) is 0 Å². The van der Waals surface area contributed by atoms with Crippen molar-refractivity contribution in [2.75, 3.05) is 26.3 Å². The number of hydrogen-bond donors (Lipinski definition) is 0. The van der Waals surface area contributed by atoms with Gasteiger partial charge in [0.2, 0.25) is 0 Å². The zero-order valence-electron chi connectivity index (χ0n) is 23.2. The lowest BCUT2D eigenvalue weighted by atomic mass is 9.97. The maximum atomic E-state index is 13.0. The predicted molar refractivity (Wildman–Crippen MR) is 163 cm³/mol. The highest BCUT2D eigenvalue weighted by Crippen LogP contribution is 2.36. The van der Waals surface area contributed by atoms with Gasteiger partial charge in [0.15, 0.2) is 5.17 Å². The Hall–Kier alpha value is -3.56. The Bertz CT molecular complexity index is 1460. The molecule has 1 amide bonds. The average Bonchev–Trinajstić information content (AvgIpc) is 3.58. The summed E-state index contributed by atoms with van der Waals surface area (Å²) in [4.78, 5) is 32.1. The van der Waals surface area contributed by atoms with Gasteiger partial charge >= 0.3 is 5.97 Å². The number of thioether (sulfide) groups is 1. The first-order valence-electron chi connectivity index (χ1n) is 14.0. The predicted octanol–water partition coefficient (Wildman–Crippen LogP) is 6.62. The lowest BCUT2D eigenvalue weighted by Crippen LogP contribution is -2.39. The zero-order valence-corrected chi connectivity index (χ0v) is 24.8. The van der Waals surface area contributed by atoms with E-state index in [1.54, 1.807) is 4.68 Å². The van der Waals surface area contributed by atoms with E-state index in [-0.39, 0.29) is 17.8 Å². The maximum Gasteiger partial charge on any atom is 0.309 e. The van der Waals surface area contributed by atoms with Crippen LogP contribution in [0.3, 0.4) is 0 Å². The van der Waals surface area contributed by atoms with Gasteiger partial charge in [-0.3, -0.25) is 9.59 Å². The Morgan fingerprint density at radius 2 is 1.93 bits per heavy atom. The minimum atomic E-state index is -0.284. The number of aliphatic imine (C=N–C) groups is 1. The van der Waals surface area contributed by atoms with Gasteiger partial charge in [0.1, 0.15) is 11.4 Å². The minimum Gasteiger partial charge on any atom is -0.492 e. The first kappa shape index (κ1) is 29.0. The van der Waals surface area contributed by atoms with Crippen LogP contribution in [0.5, 0.6) is 5.75 Å². The van der Waals surface area contributed by atoms with E-state index in [4.69, 9.17) is 26.2 Å². The minimum absolute atomic E-state index is 0.106. The molecule has 0 unspecified atom stereocenters. The van der Waals surface area contributed by atoms with Gasteiger partial charge in [-0.2, -0.15) is 10.1 Å². The molecule has 3 heterocycles. The van der Waals surface area contributed by atoms with Crippen molar-refractivity contribution in [1.29, 1.82) is 0 Å². The number of amides is 1. The van der Waals surface area contributed by atoms with Crippen LogP contribution in [0.25, 0.3) is 23.0 Å². The summed E-state index contributed by atoms with van der Waals surface area (Å²) in [6, 6.07) is 15.5. The lowest BCUT2D eigenvalue weighted by molar-refractivity contribution is -0.149. The van der Waals surface area contributed by atoms with Gasteiger partial charge < -0.3 is 14.4 Å². The van der Waals surface area contributed by atoms with E-state index in [9.17, 15) is 9.59 Å². The fourth-order valence-electron chi connectivity index (χ4n) is 4.76. The second kappa shape index (κ2) is 13.4. The molecular weight excluding hydrogens is 560 g/mol. The number of rotatable bonds is 9. The Labute approximate surface area is 249 Å². The Morgan fingerprint density at radius 3 is 2.63 bits per heavy atom. The maximum absolute atomic E-state index is 13.0. The van der Waals surface area contributed by atoms with Crippen molar-refractivity contribution in [1.82, 2.24) is 14.7 Å². The van der Waals surface area contributed by atoms with Crippen molar-refractivity contribution in [3.05, 3.63) is 70.2 Å². The van der Waals surface area contributed by atoms with Crippen LogP contribution in [0.15, 0.2) is 64.6 Å². The van der Waals surface area contributed by atoms with Crippen molar-refractivity contribution in [2.45, 2.75) is 39.5 Å². The summed E-state index contributed by atoms with van der Waals surface area (Å²) in [5.74, 6) is 0.102. The van der Waals surface area contributed by atoms with Gasteiger partial charge in [0, 0.05) is 30.4 Å². The summed E-state index contributed by atoms with van der Waals surface area (Å²) >= 11 is 7.95. The summed E-state index contributed by atoms with van der Waals surface area (Å²) < 4.78 is 12.8. The molecule has 0 atom stereocenters. The van der Waals surface area contributed by atoms with Crippen LogP contribution in [0, 0.1) is 5.92 Å². The van der Waals surface area contributed by atoms with Crippen LogP contribution in [0.1, 0.15) is 45.1 Å². The first-order valence-corrected chi connectivity index (χ1v) is 15.2. The molecule has 0 saturated carbocycles. The third-order valence-electron chi connectivity index (χ3n) is 7.01. The van der Waals surface area contributed by atoms with E-state index in [1.165, 1.54) is 11.8 Å². The van der Waals surface area contributed by atoms with E-state index in [1.807, 2.05) is 67.7 Å². The van der Waals surface area contributed by atoms with Gasteiger partial charge in [-0.25, -0.2) is 4.68 Å². The SMILES string of the molecule is CCCCOc1ccc(-c2nn(-c3ccccc3)cc2/C=C2\SC(N3CCC(C(=O)OCC)CC3)=NC2=O)cc1Cl. The average molecular weight is 593 g/mol. The highest BCUT2D eigenvalue weighted by Gasteiger charge is 2.32. The number of benzene rings is 2. The second-order valence-corrected chi connectivity index (χ2v) is 11.3. The number of esters is 1. The number of amidine groups is 1. The number of para-hydroxylation sites is 1. The van der Waals surface area contributed by atoms with Crippen LogP contribution < -0.4 is 4.74 Å². The number of halogens is 1. The van der Waals surface area contributed by atoms with Crippen LogP contribution >= 0.6 is 23.4 Å². The molecule has 0 radical (unpaired) electrons. The molecule has 3 aromatic rings. The van der Waals surface area contributed by atoms with Gasteiger partial charge in [-0.15, -0.1) is 0 Å². The molecule has 2 aromatic carbocycles. The van der Waals surface area contributed by atoms with Crippen molar-refractivity contribution < 1.29 is 19.1 Å². The number of likely N-dealkylation sites (tertiary alicyclic amines) is 1. The fourth-order valence-corrected chi connectivity index (χ4v) is 5.95. The van der Waals surface area contributed by atoms with Crippen LogP contribution in [-0.2, 0) is 14.3 Å². The molecule has 1 fully saturated rings. The molecule has 41 heavy (non-hydrogen) atoms. The molecule has 0 N–H and O–H groups in total. The van der Waals surface area contributed by atoms with Crippen molar-refractivity contribution in [3.63, 3.8) is 0 Å². The molecule has 5 rings (SSSR count). The highest BCUT2D eigenvalue weighted by molar-refractivity contribution is 8.18. The lowest BCUT2D eigenvalue weighted by Gasteiger charge is -2.31. The van der Waals surface area contributed by atoms with E-state index >= 15 is 0 Å². The summed E-state index contributed by atoms with van der Waals surface area (Å²) in [5, 5.41) is 6.05. The van der Waals surface area contributed by atoms with Gasteiger partial charge in [-0.05, 0) is 74.4 Å². The van der Waals surface area contributed by atoms with Crippen molar-refractivity contribution in [3.8, 4) is 22.7 Å². The molecule has 8 nitrogen and oxygen atoms in total. The number of carbonyl (C=O) groups excluding carboxylic acids is 2. The number of aromatic nitrogens is 2. The monoisotopic (exact) mass is 592 g/mol. The topological polar surface area (TPSA) is 86.0 Å².